The molecule has 0 aromatic heterocycles. The van der Waals surface area contributed by atoms with E-state index in [1.807, 2.05) is 6.07 Å². The minimum absolute atomic E-state index is 0.332. The second kappa shape index (κ2) is 4.15. The van der Waals surface area contributed by atoms with Gasteiger partial charge >= 0.3 is 0 Å². The Labute approximate surface area is 96.8 Å². The van der Waals surface area contributed by atoms with Crippen molar-refractivity contribution in [2.45, 2.75) is 25.7 Å². The average Bonchev–Trinajstić information content (AvgIpc) is 2.11. The summed E-state index contributed by atoms with van der Waals surface area (Å²) < 4.78 is 0. The summed E-state index contributed by atoms with van der Waals surface area (Å²) in [5.74, 6) is 0.728. The molecule has 1 heterocycles. The average molecular weight is 224 g/mol. The second-order valence-corrected chi connectivity index (χ2v) is 5.43. The predicted molar refractivity (Wildman–Crippen MR) is 65.5 cm³/mol. The van der Waals surface area contributed by atoms with Crippen molar-refractivity contribution in [1.29, 1.82) is 0 Å². The molecule has 0 radical (unpaired) electrons. The Morgan fingerprint density at radius 3 is 2.60 bits per heavy atom. The van der Waals surface area contributed by atoms with E-state index in [4.69, 9.17) is 11.6 Å². The number of rotatable bonds is 3. The van der Waals surface area contributed by atoms with Crippen LogP contribution < -0.4 is 5.32 Å². The molecule has 0 spiro atoms. The SMILES string of the molecule is CC(C)CC1(c2cccc(Cl)c2)CNC1. The first-order chi connectivity index (χ1) is 7.12. The molecule has 1 aromatic carbocycles. The molecule has 82 valence electrons. The van der Waals surface area contributed by atoms with Crippen LogP contribution >= 0.6 is 11.6 Å². The number of hydrogen-bond acceptors (Lipinski definition) is 1. The van der Waals surface area contributed by atoms with Crippen molar-refractivity contribution in [3.63, 3.8) is 0 Å². The van der Waals surface area contributed by atoms with Crippen molar-refractivity contribution in [2.24, 2.45) is 5.92 Å². The lowest BCUT2D eigenvalue weighted by Crippen LogP contribution is -2.57. The highest BCUT2D eigenvalue weighted by molar-refractivity contribution is 6.30. The zero-order chi connectivity index (χ0) is 10.9. The van der Waals surface area contributed by atoms with Crippen molar-refractivity contribution in [3.05, 3.63) is 34.9 Å². The molecule has 1 saturated heterocycles. The third-order valence-corrected chi connectivity index (χ3v) is 3.40. The Hall–Kier alpha value is -0.530. The van der Waals surface area contributed by atoms with Gasteiger partial charge in [0.15, 0.2) is 0 Å². The van der Waals surface area contributed by atoms with Gasteiger partial charge in [0.2, 0.25) is 0 Å². The van der Waals surface area contributed by atoms with Crippen molar-refractivity contribution < 1.29 is 0 Å². The van der Waals surface area contributed by atoms with Crippen LogP contribution in [0.25, 0.3) is 0 Å². The van der Waals surface area contributed by atoms with Crippen LogP contribution in [0.2, 0.25) is 5.02 Å². The lowest BCUT2D eigenvalue weighted by Gasteiger charge is -2.44. The number of benzene rings is 1. The summed E-state index contributed by atoms with van der Waals surface area (Å²) in [6, 6.07) is 8.32. The van der Waals surface area contributed by atoms with Crippen molar-refractivity contribution >= 4 is 11.6 Å². The minimum Gasteiger partial charge on any atom is -0.315 e. The van der Waals surface area contributed by atoms with E-state index in [9.17, 15) is 0 Å². The summed E-state index contributed by atoms with van der Waals surface area (Å²) in [5.41, 5.74) is 1.72. The summed E-state index contributed by atoms with van der Waals surface area (Å²) in [4.78, 5) is 0. The topological polar surface area (TPSA) is 12.0 Å². The Balaban J connectivity index is 2.26. The molecule has 0 unspecified atom stereocenters. The molecule has 1 nitrogen and oxygen atoms in total. The third kappa shape index (κ3) is 2.19. The Bertz CT molecular complexity index is 342. The van der Waals surface area contributed by atoms with Crippen molar-refractivity contribution in [1.82, 2.24) is 5.32 Å². The van der Waals surface area contributed by atoms with Gasteiger partial charge in [0.1, 0.15) is 0 Å². The van der Waals surface area contributed by atoms with E-state index in [2.05, 4.69) is 37.4 Å². The molecule has 1 aromatic rings. The van der Waals surface area contributed by atoms with Crippen LogP contribution in [0.3, 0.4) is 0 Å². The Kier molecular flexibility index (Phi) is 3.03. The molecule has 15 heavy (non-hydrogen) atoms. The fourth-order valence-electron chi connectivity index (χ4n) is 2.49. The number of nitrogens with one attached hydrogen (secondary N) is 1. The molecule has 1 aliphatic heterocycles. The highest BCUT2D eigenvalue weighted by atomic mass is 35.5. The fraction of sp³-hybridized carbons (Fsp3) is 0.538. The summed E-state index contributed by atoms with van der Waals surface area (Å²) in [5, 5.41) is 4.23. The van der Waals surface area contributed by atoms with E-state index < -0.39 is 0 Å². The van der Waals surface area contributed by atoms with Gasteiger partial charge in [0.25, 0.3) is 0 Å². The van der Waals surface area contributed by atoms with Gasteiger partial charge in [-0.15, -0.1) is 0 Å². The molecule has 0 bridgehead atoms. The molecule has 2 heteroatoms. The Morgan fingerprint density at radius 1 is 1.40 bits per heavy atom. The number of halogens is 1. The van der Waals surface area contributed by atoms with Gasteiger partial charge in [-0.25, -0.2) is 0 Å². The summed E-state index contributed by atoms with van der Waals surface area (Å²) in [6.07, 6.45) is 1.24. The largest absolute Gasteiger partial charge is 0.315 e. The third-order valence-electron chi connectivity index (χ3n) is 3.16. The maximum absolute atomic E-state index is 6.05. The quantitative estimate of drug-likeness (QED) is 0.830. The molecule has 0 aliphatic carbocycles. The normalized spacial score (nSPS) is 18.9. The first-order valence-electron chi connectivity index (χ1n) is 5.59. The van der Waals surface area contributed by atoms with Gasteiger partial charge < -0.3 is 5.32 Å². The molecule has 1 N–H and O–H groups in total. The van der Waals surface area contributed by atoms with Gasteiger partial charge in [-0.2, -0.15) is 0 Å². The van der Waals surface area contributed by atoms with Crippen LogP contribution in [0, 0.1) is 5.92 Å². The van der Waals surface area contributed by atoms with E-state index in [1.165, 1.54) is 12.0 Å². The van der Waals surface area contributed by atoms with Gasteiger partial charge in [0.05, 0.1) is 0 Å². The molecular weight excluding hydrogens is 206 g/mol. The van der Waals surface area contributed by atoms with Gasteiger partial charge in [-0.05, 0) is 30.0 Å². The Morgan fingerprint density at radius 2 is 2.13 bits per heavy atom. The first-order valence-corrected chi connectivity index (χ1v) is 5.97. The molecular formula is C13H18ClN. The monoisotopic (exact) mass is 223 g/mol. The van der Waals surface area contributed by atoms with E-state index in [-0.39, 0.29) is 0 Å². The molecule has 1 aliphatic rings. The van der Waals surface area contributed by atoms with Gasteiger partial charge in [-0.1, -0.05) is 37.6 Å². The summed E-state index contributed by atoms with van der Waals surface area (Å²) in [7, 11) is 0. The summed E-state index contributed by atoms with van der Waals surface area (Å²) in [6.45, 7) is 6.74. The predicted octanol–water partition coefficient (Wildman–Crippen LogP) is 3.23. The lowest BCUT2D eigenvalue weighted by molar-refractivity contribution is 0.229. The molecule has 1 fully saturated rings. The van der Waals surface area contributed by atoms with Gasteiger partial charge in [0, 0.05) is 23.5 Å². The van der Waals surface area contributed by atoms with E-state index in [0.29, 0.717) is 5.41 Å². The van der Waals surface area contributed by atoms with Crippen LogP contribution in [-0.4, -0.2) is 13.1 Å². The van der Waals surface area contributed by atoms with E-state index in [1.54, 1.807) is 0 Å². The maximum Gasteiger partial charge on any atom is 0.0408 e. The van der Waals surface area contributed by atoms with Crippen LogP contribution in [0.4, 0.5) is 0 Å². The first kappa shape index (κ1) is 11.0. The maximum atomic E-state index is 6.05. The van der Waals surface area contributed by atoms with Crippen LogP contribution in [0.15, 0.2) is 24.3 Å². The lowest BCUT2D eigenvalue weighted by atomic mass is 9.70. The number of hydrogen-bond donors (Lipinski definition) is 1. The van der Waals surface area contributed by atoms with Gasteiger partial charge in [-0.3, -0.25) is 0 Å². The van der Waals surface area contributed by atoms with Crippen LogP contribution in [0.1, 0.15) is 25.8 Å². The second-order valence-electron chi connectivity index (χ2n) is 4.99. The summed E-state index contributed by atoms with van der Waals surface area (Å²) >= 11 is 6.05. The fourth-order valence-corrected chi connectivity index (χ4v) is 2.68. The van der Waals surface area contributed by atoms with Crippen molar-refractivity contribution in [3.8, 4) is 0 Å². The molecule has 2 rings (SSSR count). The highest BCUT2D eigenvalue weighted by Gasteiger charge is 2.38. The standard InChI is InChI=1S/C13H18ClN/c1-10(2)7-13(8-15-9-13)11-4-3-5-12(14)6-11/h3-6,10,15H,7-9H2,1-2H3. The smallest absolute Gasteiger partial charge is 0.0408 e. The van der Waals surface area contributed by atoms with Crippen molar-refractivity contribution in [2.75, 3.05) is 13.1 Å². The minimum atomic E-state index is 0.332. The molecule has 0 amide bonds. The van der Waals surface area contributed by atoms with E-state index >= 15 is 0 Å². The zero-order valence-electron chi connectivity index (χ0n) is 9.39. The van der Waals surface area contributed by atoms with E-state index in [0.717, 1.165) is 24.0 Å². The zero-order valence-corrected chi connectivity index (χ0v) is 10.1. The van der Waals surface area contributed by atoms with Crippen LogP contribution in [-0.2, 0) is 5.41 Å². The highest BCUT2D eigenvalue weighted by Crippen LogP contribution is 2.35. The molecule has 0 saturated carbocycles. The molecule has 0 atom stereocenters. The van der Waals surface area contributed by atoms with Crippen LogP contribution in [0.5, 0.6) is 0 Å².